The molecule has 0 saturated heterocycles. The fraction of sp³-hybridized carbons (Fsp3) is 0.231. The van der Waals surface area contributed by atoms with E-state index in [0.717, 1.165) is 15.2 Å². The average molecular weight is 247 g/mol. The molecule has 0 aliphatic heterocycles. The molecule has 1 aromatic heterocycles. The highest BCUT2D eigenvalue weighted by atomic mass is 32.1. The Bertz CT molecular complexity index is 543. The van der Waals surface area contributed by atoms with E-state index in [1.165, 1.54) is 17.4 Å². The number of hydrogen-bond donors (Lipinski definition) is 1. The minimum Gasteiger partial charge on any atom is -0.481 e. The van der Waals surface area contributed by atoms with Crippen LogP contribution in [-0.4, -0.2) is 16.1 Å². The Kier molecular flexibility index (Phi) is 2.98. The molecular weight excluding hydrogens is 234 g/mol. The maximum atomic E-state index is 11.2. The summed E-state index contributed by atoms with van der Waals surface area (Å²) >= 11 is 1.53. The standard InChI is InChI=1S/C13H13NO2S/c1-3-13(2,12(15)16)8-11-14-9-6-4-5-7-10(9)17-11/h3-7H,1,8H2,2H3,(H,15,16). The molecule has 1 aromatic carbocycles. The zero-order chi connectivity index (χ0) is 12.5. The van der Waals surface area contributed by atoms with Crippen LogP contribution in [0.25, 0.3) is 10.2 Å². The summed E-state index contributed by atoms with van der Waals surface area (Å²) in [5.74, 6) is -0.869. The minimum absolute atomic E-state index is 0.380. The summed E-state index contributed by atoms with van der Waals surface area (Å²) in [5.41, 5.74) is -0.0299. The molecule has 17 heavy (non-hydrogen) atoms. The second kappa shape index (κ2) is 4.30. The molecule has 1 unspecified atom stereocenters. The van der Waals surface area contributed by atoms with Gasteiger partial charge in [0.15, 0.2) is 0 Å². The number of carboxylic acid groups (broad SMARTS) is 1. The number of carbonyl (C=O) groups is 1. The number of thiazole rings is 1. The summed E-state index contributed by atoms with van der Waals surface area (Å²) in [4.78, 5) is 15.6. The number of para-hydroxylation sites is 1. The summed E-state index contributed by atoms with van der Waals surface area (Å²) in [6.07, 6.45) is 1.85. The van der Waals surface area contributed by atoms with Crippen molar-refractivity contribution in [2.75, 3.05) is 0 Å². The summed E-state index contributed by atoms with van der Waals surface area (Å²) in [7, 11) is 0. The zero-order valence-corrected chi connectivity index (χ0v) is 10.3. The Morgan fingerprint density at radius 1 is 1.59 bits per heavy atom. The molecular formula is C13H13NO2S. The SMILES string of the molecule is C=CC(C)(Cc1nc2ccccc2s1)C(=O)O. The van der Waals surface area contributed by atoms with Crippen LogP contribution in [0.3, 0.4) is 0 Å². The van der Waals surface area contributed by atoms with E-state index in [0.29, 0.717) is 6.42 Å². The van der Waals surface area contributed by atoms with Gasteiger partial charge in [-0.1, -0.05) is 18.2 Å². The molecule has 88 valence electrons. The van der Waals surface area contributed by atoms with Crippen LogP contribution in [0.15, 0.2) is 36.9 Å². The second-order valence-electron chi connectivity index (χ2n) is 4.18. The molecule has 0 aliphatic rings. The number of aromatic nitrogens is 1. The van der Waals surface area contributed by atoms with E-state index in [1.54, 1.807) is 6.92 Å². The number of rotatable bonds is 4. The van der Waals surface area contributed by atoms with Gasteiger partial charge in [-0.15, -0.1) is 17.9 Å². The Morgan fingerprint density at radius 3 is 2.88 bits per heavy atom. The molecule has 0 spiro atoms. The van der Waals surface area contributed by atoms with Crippen LogP contribution < -0.4 is 0 Å². The van der Waals surface area contributed by atoms with Gasteiger partial charge in [0.2, 0.25) is 0 Å². The van der Waals surface area contributed by atoms with Crippen LogP contribution >= 0.6 is 11.3 Å². The molecule has 1 atom stereocenters. The van der Waals surface area contributed by atoms with Crippen LogP contribution in [0.5, 0.6) is 0 Å². The first-order chi connectivity index (χ1) is 8.05. The molecule has 2 aromatic rings. The molecule has 4 heteroatoms. The van der Waals surface area contributed by atoms with Gasteiger partial charge in [0.25, 0.3) is 0 Å². The molecule has 0 fully saturated rings. The minimum atomic E-state index is -0.951. The Balaban J connectivity index is 2.35. The van der Waals surface area contributed by atoms with Crippen molar-refractivity contribution in [1.82, 2.24) is 4.98 Å². The van der Waals surface area contributed by atoms with Gasteiger partial charge < -0.3 is 5.11 Å². The first kappa shape index (κ1) is 11.8. The third-order valence-electron chi connectivity index (χ3n) is 2.80. The number of fused-ring (bicyclic) bond motifs is 1. The van der Waals surface area contributed by atoms with Crippen LogP contribution in [0.1, 0.15) is 11.9 Å². The highest BCUT2D eigenvalue weighted by Crippen LogP contribution is 2.29. The lowest BCUT2D eigenvalue weighted by molar-refractivity contribution is -0.145. The Labute approximate surface area is 103 Å². The third kappa shape index (κ3) is 2.22. The number of nitrogens with zero attached hydrogens (tertiary/aromatic N) is 1. The molecule has 0 bridgehead atoms. The summed E-state index contributed by atoms with van der Waals surface area (Å²) < 4.78 is 1.08. The van der Waals surface area contributed by atoms with Crippen molar-refractivity contribution in [2.45, 2.75) is 13.3 Å². The lowest BCUT2D eigenvalue weighted by Crippen LogP contribution is -2.27. The zero-order valence-electron chi connectivity index (χ0n) is 9.51. The predicted octanol–water partition coefficient (Wildman–Crippen LogP) is 3.12. The normalized spacial score (nSPS) is 14.4. The summed E-state index contributed by atoms with van der Waals surface area (Å²) in [5, 5.41) is 10.0. The molecule has 0 radical (unpaired) electrons. The van der Waals surface area contributed by atoms with Gasteiger partial charge in [-0.25, -0.2) is 4.98 Å². The van der Waals surface area contributed by atoms with Crippen molar-refractivity contribution in [2.24, 2.45) is 5.41 Å². The van der Waals surface area contributed by atoms with E-state index in [2.05, 4.69) is 11.6 Å². The molecule has 2 rings (SSSR count). The highest BCUT2D eigenvalue weighted by Gasteiger charge is 2.31. The summed E-state index contributed by atoms with van der Waals surface area (Å²) in [6, 6.07) is 7.80. The molecule has 0 amide bonds. The number of hydrogen-bond acceptors (Lipinski definition) is 3. The van der Waals surface area contributed by atoms with Gasteiger partial charge in [0, 0.05) is 6.42 Å². The van der Waals surface area contributed by atoms with Crippen LogP contribution in [-0.2, 0) is 11.2 Å². The van der Waals surface area contributed by atoms with E-state index >= 15 is 0 Å². The lowest BCUT2D eigenvalue weighted by Gasteiger charge is -2.18. The number of benzene rings is 1. The van der Waals surface area contributed by atoms with Gasteiger partial charge in [-0.05, 0) is 19.1 Å². The quantitative estimate of drug-likeness (QED) is 0.844. The van der Waals surface area contributed by atoms with E-state index in [9.17, 15) is 9.90 Å². The molecule has 0 aliphatic carbocycles. The molecule has 0 saturated carbocycles. The second-order valence-corrected chi connectivity index (χ2v) is 5.29. The van der Waals surface area contributed by atoms with E-state index < -0.39 is 11.4 Å². The number of carboxylic acids is 1. The van der Waals surface area contributed by atoms with Gasteiger partial charge in [-0.3, -0.25) is 4.79 Å². The Hall–Kier alpha value is -1.68. The highest BCUT2D eigenvalue weighted by molar-refractivity contribution is 7.18. The van der Waals surface area contributed by atoms with Gasteiger partial charge in [0.1, 0.15) is 0 Å². The third-order valence-corrected chi connectivity index (χ3v) is 3.83. The van der Waals surface area contributed by atoms with Crippen molar-refractivity contribution in [3.8, 4) is 0 Å². The van der Waals surface area contributed by atoms with Crippen molar-refractivity contribution < 1.29 is 9.90 Å². The van der Waals surface area contributed by atoms with Crippen molar-refractivity contribution >= 4 is 27.5 Å². The topological polar surface area (TPSA) is 50.2 Å². The smallest absolute Gasteiger partial charge is 0.313 e. The molecule has 3 nitrogen and oxygen atoms in total. The van der Waals surface area contributed by atoms with Gasteiger partial charge in [-0.2, -0.15) is 0 Å². The lowest BCUT2D eigenvalue weighted by atomic mass is 9.87. The maximum absolute atomic E-state index is 11.2. The first-order valence-corrected chi connectivity index (χ1v) is 6.08. The fourth-order valence-corrected chi connectivity index (χ4v) is 2.68. The van der Waals surface area contributed by atoms with Crippen molar-refractivity contribution in [3.05, 3.63) is 41.9 Å². The van der Waals surface area contributed by atoms with Crippen LogP contribution in [0, 0.1) is 5.41 Å². The Morgan fingerprint density at radius 2 is 2.29 bits per heavy atom. The molecule has 1 heterocycles. The van der Waals surface area contributed by atoms with Crippen LogP contribution in [0.2, 0.25) is 0 Å². The average Bonchev–Trinajstić information content (AvgIpc) is 2.70. The number of aliphatic carboxylic acids is 1. The fourth-order valence-electron chi connectivity index (χ4n) is 1.54. The largest absolute Gasteiger partial charge is 0.481 e. The van der Waals surface area contributed by atoms with E-state index in [1.807, 2.05) is 24.3 Å². The monoisotopic (exact) mass is 247 g/mol. The molecule has 1 N–H and O–H groups in total. The predicted molar refractivity (Wildman–Crippen MR) is 69.3 cm³/mol. The van der Waals surface area contributed by atoms with E-state index in [-0.39, 0.29) is 0 Å². The first-order valence-electron chi connectivity index (χ1n) is 5.26. The van der Waals surface area contributed by atoms with Crippen molar-refractivity contribution in [1.29, 1.82) is 0 Å². The summed E-state index contributed by atoms with van der Waals surface area (Å²) in [6.45, 7) is 5.26. The van der Waals surface area contributed by atoms with E-state index in [4.69, 9.17) is 0 Å². The van der Waals surface area contributed by atoms with Gasteiger partial charge >= 0.3 is 5.97 Å². The maximum Gasteiger partial charge on any atom is 0.313 e. The van der Waals surface area contributed by atoms with Crippen molar-refractivity contribution in [3.63, 3.8) is 0 Å². The van der Waals surface area contributed by atoms with Crippen LogP contribution in [0.4, 0.5) is 0 Å². The van der Waals surface area contributed by atoms with Gasteiger partial charge in [0.05, 0.1) is 20.6 Å².